The lowest BCUT2D eigenvalue weighted by molar-refractivity contribution is -0.145. The third-order valence-electron chi connectivity index (χ3n) is 2.38. The molecule has 3 nitrogen and oxygen atoms in total. The molecule has 0 aromatic heterocycles. The second-order valence-electron chi connectivity index (χ2n) is 3.47. The lowest BCUT2D eigenvalue weighted by Crippen LogP contribution is -2.29. The third kappa shape index (κ3) is 3.36. The van der Waals surface area contributed by atoms with E-state index < -0.39 is 25.0 Å². The van der Waals surface area contributed by atoms with Crippen LogP contribution in [0.3, 0.4) is 0 Å². The van der Waals surface area contributed by atoms with Crippen molar-refractivity contribution in [3.05, 3.63) is 35.9 Å². The fourth-order valence-corrected chi connectivity index (χ4v) is 1.33. The van der Waals surface area contributed by atoms with Crippen LogP contribution < -0.4 is 0 Å². The summed E-state index contributed by atoms with van der Waals surface area (Å²) >= 11 is 0. The summed E-state index contributed by atoms with van der Waals surface area (Å²) in [5, 5.41) is 8.96. The fraction of sp³-hybridized carbons (Fsp3) is 0.417. The zero-order valence-electron chi connectivity index (χ0n) is 11.5. The number of hydrogen-bond acceptors (Lipinski definition) is 2. The molecule has 1 N–H and O–H groups in total. The second-order valence-corrected chi connectivity index (χ2v) is 3.47. The van der Waals surface area contributed by atoms with Crippen LogP contribution in [0.25, 0.3) is 0 Å². The van der Waals surface area contributed by atoms with Crippen molar-refractivity contribution in [1.82, 2.24) is 0 Å². The number of aliphatic carboxylic acids is 1. The summed E-state index contributed by atoms with van der Waals surface area (Å²) in [7, 11) is -2.59. The molecule has 3 heteroatoms. The van der Waals surface area contributed by atoms with E-state index >= 15 is 0 Å². The van der Waals surface area contributed by atoms with Gasteiger partial charge >= 0.3 is 5.97 Å². The number of hydrogen-bond donors (Lipinski definition) is 1. The Morgan fingerprint density at radius 2 is 2.20 bits per heavy atom. The maximum Gasteiger partial charge on any atom is 0.308 e. The van der Waals surface area contributed by atoms with Gasteiger partial charge in [0.2, 0.25) is 0 Å². The minimum Gasteiger partial charge on any atom is -0.481 e. The van der Waals surface area contributed by atoms with Gasteiger partial charge in [0, 0.05) is 7.04 Å². The summed E-state index contributed by atoms with van der Waals surface area (Å²) in [5.41, 5.74) is 0.847. The Kier molecular flexibility index (Phi) is 2.89. The summed E-state index contributed by atoms with van der Waals surface area (Å²) in [6, 6.07) is 9.08. The first-order chi connectivity index (χ1) is 8.29. The van der Waals surface area contributed by atoms with E-state index in [0.29, 0.717) is 0 Å². The lowest BCUT2D eigenvalue weighted by Gasteiger charge is -2.19. The molecule has 0 saturated carbocycles. The van der Waals surface area contributed by atoms with E-state index in [1.807, 2.05) is 30.3 Å². The van der Waals surface area contributed by atoms with Crippen LogP contribution in [-0.4, -0.2) is 24.2 Å². The lowest BCUT2D eigenvalue weighted by atomic mass is 9.98. The van der Waals surface area contributed by atoms with E-state index in [9.17, 15) is 4.79 Å². The Morgan fingerprint density at radius 1 is 1.53 bits per heavy atom. The van der Waals surface area contributed by atoms with Crippen molar-refractivity contribution in [1.29, 1.82) is 0 Å². The monoisotopic (exact) mass is 211 g/mol. The summed E-state index contributed by atoms with van der Waals surface area (Å²) in [4.78, 5) is 11.0. The van der Waals surface area contributed by atoms with Gasteiger partial charge in [0.05, 0.1) is 16.1 Å². The molecule has 1 aromatic rings. The largest absolute Gasteiger partial charge is 0.481 e. The Balaban J connectivity index is 2.81. The summed E-state index contributed by atoms with van der Waals surface area (Å²) in [6.45, 7) is 1.45. The molecule has 0 unspecified atom stereocenters. The van der Waals surface area contributed by atoms with Crippen LogP contribution in [0.1, 0.15) is 16.6 Å². The van der Waals surface area contributed by atoms with Gasteiger partial charge in [0.1, 0.15) is 0 Å². The topological polar surface area (TPSA) is 46.5 Å². The highest BCUT2D eigenvalue weighted by molar-refractivity contribution is 5.70. The van der Waals surface area contributed by atoms with Crippen LogP contribution in [0.2, 0.25) is 0 Å². The fourth-order valence-electron chi connectivity index (χ4n) is 1.33. The van der Waals surface area contributed by atoms with E-state index in [-0.39, 0.29) is 6.42 Å². The smallest absolute Gasteiger partial charge is 0.308 e. The van der Waals surface area contributed by atoms with Crippen LogP contribution >= 0.6 is 0 Å². The zero-order chi connectivity index (χ0) is 13.8. The SMILES string of the molecule is [2H]C([2H])([2H])O[C@@H](Cc1ccccc1)[C@@H](C)C(=O)O. The predicted molar refractivity (Wildman–Crippen MR) is 57.7 cm³/mol. The standard InChI is InChI=1S/C12H16O3/c1-9(12(13)14)11(15-2)8-10-6-4-3-5-7-10/h3-7,9,11H,8H2,1-2H3,(H,13,14)/t9-,11+/m1/s1/i2D3. The molecule has 1 rings (SSSR count). The zero-order valence-corrected chi connectivity index (χ0v) is 8.51. The van der Waals surface area contributed by atoms with Gasteiger partial charge < -0.3 is 9.84 Å². The predicted octanol–water partition coefficient (Wildman–Crippen LogP) is 1.96. The van der Waals surface area contributed by atoms with Crippen molar-refractivity contribution < 1.29 is 18.8 Å². The van der Waals surface area contributed by atoms with E-state index in [1.165, 1.54) is 6.92 Å². The van der Waals surface area contributed by atoms with Crippen LogP contribution in [0.4, 0.5) is 0 Å². The van der Waals surface area contributed by atoms with Gasteiger partial charge in [-0.05, 0) is 18.9 Å². The number of ether oxygens (including phenoxy) is 1. The van der Waals surface area contributed by atoms with E-state index in [2.05, 4.69) is 0 Å². The molecule has 0 radical (unpaired) electrons. The average molecular weight is 211 g/mol. The van der Waals surface area contributed by atoms with Gasteiger partial charge in [-0.3, -0.25) is 4.79 Å². The molecule has 0 aliphatic heterocycles. The third-order valence-corrected chi connectivity index (χ3v) is 2.38. The van der Waals surface area contributed by atoms with Gasteiger partial charge in [-0.1, -0.05) is 30.3 Å². The highest BCUT2D eigenvalue weighted by atomic mass is 16.5. The van der Waals surface area contributed by atoms with Gasteiger partial charge in [-0.15, -0.1) is 0 Å². The molecular weight excluding hydrogens is 192 g/mol. The molecule has 0 fully saturated rings. The molecular formula is C12H16O3. The minimum absolute atomic E-state index is 0.257. The first-order valence-electron chi connectivity index (χ1n) is 6.24. The van der Waals surface area contributed by atoms with Crippen molar-refractivity contribution in [2.75, 3.05) is 7.04 Å². The van der Waals surface area contributed by atoms with Crippen molar-refractivity contribution in [2.45, 2.75) is 19.4 Å². The molecule has 0 aliphatic rings. The number of methoxy groups -OCH3 is 1. The number of carboxylic acids is 1. The molecule has 2 atom stereocenters. The number of carboxylic acid groups (broad SMARTS) is 1. The number of carbonyl (C=O) groups is 1. The van der Waals surface area contributed by atoms with E-state index in [4.69, 9.17) is 14.0 Å². The first-order valence-corrected chi connectivity index (χ1v) is 4.74. The van der Waals surface area contributed by atoms with E-state index in [0.717, 1.165) is 5.56 Å². The van der Waals surface area contributed by atoms with Crippen LogP contribution in [0.5, 0.6) is 0 Å². The Morgan fingerprint density at radius 3 is 2.73 bits per heavy atom. The van der Waals surface area contributed by atoms with Gasteiger partial charge in [-0.2, -0.15) is 0 Å². The van der Waals surface area contributed by atoms with Crippen LogP contribution in [0.15, 0.2) is 30.3 Å². The Bertz CT molecular complexity index is 389. The summed E-state index contributed by atoms with van der Waals surface area (Å²) in [6.07, 6.45) is -0.621. The molecule has 82 valence electrons. The van der Waals surface area contributed by atoms with Crippen molar-refractivity contribution in [3.63, 3.8) is 0 Å². The maximum absolute atomic E-state index is 11.0. The number of rotatable bonds is 5. The van der Waals surface area contributed by atoms with Gasteiger partial charge in [-0.25, -0.2) is 0 Å². The quantitative estimate of drug-likeness (QED) is 0.810. The summed E-state index contributed by atoms with van der Waals surface area (Å²) in [5.74, 6) is -1.95. The van der Waals surface area contributed by atoms with Crippen LogP contribution in [-0.2, 0) is 16.0 Å². The molecule has 15 heavy (non-hydrogen) atoms. The van der Waals surface area contributed by atoms with Crippen molar-refractivity contribution in [3.8, 4) is 0 Å². The average Bonchev–Trinajstić information content (AvgIpc) is 2.26. The molecule has 0 aliphatic carbocycles. The minimum atomic E-state index is -2.59. The normalized spacial score (nSPS) is 18.3. The molecule has 1 aromatic carbocycles. The Labute approximate surface area is 93.9 Å². The molecule has 0 spiro atoms. The maximum atomic E-state index is 11.0. The van der Waals surface area contributed by atoms with Crippen molar-refractivity contribution >= 4 is 5.97 Å². The van der Waals surface area contributed by atoms with Gasteiger partial charge in [0.15, 0.2) is 0 Å². The molecule has 0 saturated heterocycles. The first kappa shape index (κ1) is 7.88. The van der Waals surface area contributed by atoms with Gasteiger partial charge in [0.25, 0.3) is 0 Å². The highest BCUT2D eigenvalue weighted by Gasteiger charge is 2.23. The van der Waals surface area contributed by atoms with Crippen LogP contribution in [0, 0.1) is 5.92 Å². The van der Waals surface area contributed by atoms with Crippen molar-refractivity contribution in [2.24, 2.45) is 5.92 Å². The summed E-state index contributed by atoms with van der Waals surface area (Å²) < 4.78 is 26.1. The highest BCUT2D eigenvalue weighted by Crippen LogP contribution is 2.13. The molecule has 0 bridgehead atoms. The molecule has 0 heterocycles. The second kappa shape index (κ2) is 5.51. The molecule has 0 amide bonds. The Hall–Kier alpha value is -1.35. The number of benzene rings is 1. The van der Waals surface area contributed by atoms with E-state index in [1.54, 1.807) is 0 Å².